The number of pyridine rings is 1. The van der Waals surface area contributed by atoms with Gasteiger partial charge in [0, 0.05) is 30.2 Å². The van der Waals surface area contributed by atoms with Crippen LogP contribution in [0.3, 0.4) is 0 Å². The molecule has 0 bridgehead atoms. The molecule has 0 saturated heterocycles. The molecule has 1 aliphatic rings. The van der Waals surface area contributed by atoms with Crippen molar-refractivity contribution in [3.05, 3.63) is 96.2 Å². The van der Waals surface area contributed by atoms with E-state index in [1.807, 2.05) is 18.3 Å². The van der Waals surface area contributed by atoms with Gasteiger partial charge in [0.15, 0.2) is 0 Å². The first-order chi connectivity index (χ1) is 15.4. The van der Waals surface area contributed by atoms with Gasteiger partial charge in [-0.15, -0.1) is 0 Å². The van der Waals surface area contributed by atoms with Gasteiger partial charge in [-0.3, -0.25) is 9.88 Å². The average Bonchev–Trinajstić information content (AvgIpc) is 2.83. The third kappa shape index (κ3) is 4.62. The van der Waals surface area contributed by atoms with Crippen molar-refractivity contribution < 1.29 is 4.74 Å². The topological polar surface area (TPSA) is 25.4 Å². The molecule has 156 valence electrons. The molecule has 3 heteroatoms. The fourth-order valence-corrected chi connectivity index (χ4v) is 4.46. The lowest BCUT2D eigenvalue weighted by Gasteiger charge is -2.28. The molecule has 5 rings (SSSR count). The lowest BCUT2D eigenvalue weighted by atomic mass is 10.00. The molecular formula is C28H28N2O. The molecule has 0 spiro atoms. The van der Waals surface area contributed by atoms with Crippen LogP contribution in [0.1, 0.15) is 24.0 Å². The van der Waals surface area contributed by atoms with Crippen molar-refractivity contribution in [2.75, 3.05) is 19.7 Å². The van der Waals surface area contributed by atoms with E-state index in [4.69, 9.17) is 4.74 Å². The number of aromatic nitrogens is 1. The molecule has 0 unspecified atom stereocenters. The summed E-state index contributed by atoms with van der Waals surface area (Å²) in [4.78, 5) is 7.15. The van der Waals surface area contributed by atoms with Crippen molar-refractivity contribution in [1.29, 1.82) is 0 Å². The lowest BCUT2D eigenvalue weighted by molar-refractivity contribution is 0.235. The summed E-state index contributed by atoms with van der Waals surface area (Å²) in [5.41, 5.74) is 6.33. The molecule has 2 heterocycles. The fraction of sp³-hybridized carbons (Fsp3) is 0.250. The molecule has 0 saturated carbocycles. The van der Waals surface area contributed by atoms with Crippen LogP contribution in [0.5, 0.6) is 5.75 Å². The molecule has 1 aromatic heterocycles. The molecule has 31 heavy (non-hydrogen) atoms. The maximum Gasteiger partial charge on any atom is 0.119 e. The molecule has 1 aliphatic heterocycles. The largest absolute Gasteiger partial charge is 0.494 e. The van der Waals surface area contributed by atoms with Crippen LogP contribution in [0.15, 0.2) is 85.1 Å². The van der Waals surface area contributed by atoms with E-state index in [1.54, 1.807) is 0 Å². The molecule has 0 amide bonds. The summed E-state index contributed by atoms with van der Waals surface area (Å²) in [5.74, 6) is 0.928. The van der Waals surface area contributed by atoms with Crippen molar-refractivity contribution in [2.24, 2.45) is 0 Å². The summed E-state index contributed by atoms with van der Waals surface area (Å²) < 4.78 is 6.09. The Kier molecular flexibility index (Phi) is 5.94. The SMILES string of the molecule is c1cc(OCCCCN2CCc3ccccc3C2)cc(-c2cccc3cccnc23)c1. The van der Waals surface area contributed by atoms with E-state index in [0.717, 1.165) is 60.3 Å². The van der Waals surface area contributed by atoms with E-state index in [0.29, 0.717) is 0 Å². The van der Waals surface area contributed by atoms with Gasteiger partial charge in [0.2, 0.25) is 0 Å². The van der Waals surface area contributed by atoms with Crippen LogP contribution in [0.2, 0.25) is 0 Å². The van der Waals surface area contributed by atoms with Crippen molar-refractivity contribution in [3.63, 3.8) is 0 Å². The van der Waals surface area contributed by atoms with Crippen LogP contribution in [0.4, 0.5) is 0 Å². The minimum Gasteiger partial charge on any atom is -0.494 e. The van der Waals surface area contributed by atoms with Crippen LogP contribution in [0, 0.1) is 0 Å². The second kappa shape index (κ2) is 9.32. The smallest absolute Gasteiger partial charge is 0.119 e. The third-order valence-electron chi connectivity index (χ3n) is 6.12. The molecule has 0 atom stereocenters. The summed E-state index contributed by atoms with van der Waals surface area (Å²) >= 11 is 0. The summed E-state index contributed by atoms with van der Waals surface area (Å²) in [5, 5.41) is 1.16. The Hall–Kier alpha value is -3.17. The van der Waals surface area contributed by atoms with Gasteiger partial charge in [0.1, 0.15) is 5.75 Å². The van der Waals surface area contributed by atoms with E-state index in [-0.39, 0.29) is 0 Å². The lowest BCUT2D eigenvalue weighted by Crippen LogP contribution is -2.31. The van der Waals surface area contributed by atoms with E-state index < -0.39 is 0 Å². The Morgan fingerprint density at radius 2 is 1.71 bits per heavy atom. The van der Waals surface area contributed by atoms with Crippen molar-refractivity contribution in [2.45, 2.75) is 25.8 Å². The van der Waals surface area contributed by atoms with E-state index in [2.05, 4.69) is 76.6 Å². The monoisotopic (exact) mass is 408 g/mol. The molecule has 0 N–H and O–H groups in total. The zero-order valence-electron chi connectivity index (χ0n) is 17.8. The first-order valence-electron chi connectivity index (χ1n) is 11.2. The standard InChI is InChI=1S/C28H28N2O/c1-2-9-25-21-30(18-15-22(25)8-1)17-3-4-19-31-26-13-5-11-24(20-26)27-14-6-10-23-12-7-16-29-28(23)27/h1-2,5-14,16,20H,3-4,15,17-19,21H2. The minimum atomic E-state index is 0.752. The van der Waals surface area contributed by atoms with E-state index >= 15 is 0 Å². The number of para-hydroxylation sites is 1. The highest BCUT2D eigenvalue weighted by molar-refractivity contribution is 5.93. The van der Waals surface area contributed by atoms with E-state index in [1.165, 1.54) is 24.1 Å². The Morgan fingerprint density at radius 3 is 2.68 bits per heavy atom. The number of benzene rings is 3. The quantitative estimate of drug-likeness (QED) is 0.345. The summed E-state index contributed by atoms with van der Waals surface area (Å²) in [7, 11) is 0. The minimum absolute atomic E-state index is 0.752. The third-order valence-corrected chi connectivity index (χ3v) is 6.12. The van der Waals surface area contributed by atoms with Gasteiger partial charge in [0.05, 0.1) is 12.1 Å². The predicted molar refractivity (Wildman–Crippen MR) is 127 cm³/mol. The maximum atomic E-state index is 6.09. The maximum absolute atomic E-state index is 6.09. The van der Waals surface area contributed by atoms with Crippen LogP contribution in [0.25, 0.3) is 22.0 Å². The Balaban J connectivity index is 1.14. The average molecular weight is 409 g/mol. The molecule has 0 radical (unpaired) electrons. The van der Waals surface area contributed by atoms with Gasteiger partial charge in [-0.1, -0.05) is 60.7 Å². The molecule has 3 aromatic carbocycles. The summed E-state index contributed by atoms with van der Waals surface area (Å²) in [6, 6.07) is 27.6. The van der Waals surface area contributed by atoms with Gasteiger partial charge >= 0.3 is 0 Å². The number of unbranched alkanes of at least 4 members (excludes halogenated alkanes) is 1. The van der Waals surface area contributed by atoms with Gasteiger partial charge in [-0.25, -0.2) is 0 Å². The van der Waals surface area contributed by atoms with Crippen LogP contribution in [-0.4, -0.2) is 29.6 Å². The van der Waals surface area contributed by atoms with Gasteiger partial charge in [-0.2, -0.15) is 0 Å². The molecule has 0 aliphatic carbocycles. The first-order valence-corrected chi connectivity index (χ1v) is 11.2. The van der Waals surface area contributed by atoms with Crippen molar-refractivity contribution in [1.82, 2.24) is 9.88 Å². The highest BCUT2D eigenvalue weighted by Gasteiger charge is 2.14. The second-order valence-corrected chi connectivity index (χ2v) is 8.26. The zero-order valence-corrected chi connectivity index (χ0v) is 17.8. The van der Waals surface area contributed by atoms with E-state index in [9.17, 15) is 0 Å². The van der Waals surface area contributed by atoms with Crippen molar-refractivity contribution in [3.8, 4) is 16.9 Å². The van der Waals surface area contributed by atoms with Crippen molar-refractivity contribution >= 4 is 10.9 Å². The molecule has 0 fully saturated rings. The number of hydrogen-bond donors (Lipinski definition) is 0. The zero-order chi connectivity index (χ0) is 20.9. The number of nitrogens with zero attached hydrogens (tertiary/aromatic N) is 2. The predicted octanol–water partition coefficient (Wildman–Crippen LogP) is 6.12. The number of hydrogen-bond acceptors (Lipinski definition) is 3. The highest BCUT2D eigenvalue weighted by Crippen LogP contribution is 2.29. The second-order valence-electron chi connectivity index (χ2n) is 8.26. The highest BCUT2D eigenvalue weighted by atomic mass is 16.5. The van der Waals surface area contributed by atoms with Crippen LogP contribution in [-0.2, 0) is 13.0 Å². The Labute approximate surface area is 184 Å². The molecule has 3 nitrogen and oxygen atoms in total. The molecule has 4 aromatic rings. The van der Waals surface area contributed by atoms with Gasteiger partial charge < -0.3 is 4.74 Å². The summed E-state index contributed by atoms with van der Waals surface area (Å²) in [6.45, 7) is 4.14. The first kappa shape index (κ1) is 19.8. The van der Waals surface area contributed by atoms with Crippen LogP contribution < -0.4 is 4.74 Å². The van der Waals surface area contributed by atoms with Gasteiger partial charge in [-0.05, 0) is 60.7 Å². The normalized spacial score (nSPS) is 13.8. The van der Waals surface area contributed by atoms with Gasteiger partial charge in [0.25, 0.3) is 0 Å². The Bertz CT molecular complexity index is 1160. The van der Waals surface area contributed by atoms with Crippen LogP contribution >= 0.6 is 0 Å². The summed E-state index contributed by atoms with van der Waals surface area (Å²) in [6.07, 6.45) is 5.25. The fourth-order valence-electron chi connectivity index (χ4n) is 4.46. The number of rotatable bonds is 7. The number of ether oxygens (including phenoxy) is 1. The Morgan fingerprint density at radius 1 is 0.839 bits per heavy atom. The number of fused-ring (bicyclic) bond motifs is 2. The molecular weight excluding hydrogens is 380 g/mol.